The fourth-order valence-electron chi connectivity index (χ4n) is 4.24. The molecule has 1 N–H and O–H groups in total. The number of hydrogen-bond donors (Lipinski definition) is 1. The van der Waals surface area contributed by atoms with E-state index in [2.05, 4.69) is 9.71 Å². The van der Waals surface area contributed by atoms with Crippen LogP contribution in [-0.2, 0) is 19.6 Å². The number of sulfonamides is 1. The Balaban J connectivity index is 0.00000320. The number of aromatic nitrogens is 2. The third-order valence-corrected chi connectivity index (χ3v) is 8.27. The summed E-state index contributed by atoms with van der Waals surface area (Å²) in [6.45, 7) is 2.26. The fraction of sp³-hybridized carbons (Fsp3) is 0.208. The summed E-state index contributed by atoms with van der Waals surface area (Å²) in [5.74, 6) is -0.820. The predicted octanol–water partition coefficient (Wildman–Crippen LogP) is 3.72. The SMILES string of the molecule is C[C@H](C(=O)N1CCN(c2ccc(S(=O)(=O)Nc3nccs3)cc2)C(=O)C1)n1ccc2cc(F)ccc21.[HH]. The molecule has 0 unspecified atom stereocenters. The van der Waals surface area contributed by atoms with E-state index < -0.39 is 16.1 Å². The maximum Gasteiger partial charge on any atom is 0.263 e. The van der Waals surface area contributed by atoms with Crippen LogP contribution in [0.5, 0.6) is 0 Å². The highest BCUT2D eigenvalue weighted by molar-refractivity contribution is 7.93. The van der Waals surface area contributed by atoms with E-state index in [-0.39, 0.29) is 42.2 Å². The number of halogens is 1. The molecule has 0 bridgehead atoms. The van der Waals surface area contributed by atoms with Crippen molar-refractivity contribution in [3.05, 3.63) is 72.1 Å². The van der Waals surface area contributed by atoms with Crippen LogP contribution in [0.2, 0.25) is 0 Å². The lowest BCUT2D eigenvalue weighted by Gasteiger charge is -2.35. The van der Waals surface area contributed by atoms with Gasteiger partial charge in [0.1, 0.15) is 18.4 Å². The van der Waals surface area contributed by atoms with E-state index in [1.54, 1.807) is 47.3 Å². The van der Waals surface area contributed by atoms with E-state index in [4.69, 9.17) is 0 Å². The van der Waals surface area contributed by atoms with Crippen molar-refractivity contribution in [3.63, 3.8) is 0 Å². The van der Waals surface area contributed by atoms with Crippen LogP contribution < -0.4 is 9.62 Å². The Labute approximate surface area is 212 Å². The molecule has 1 fully saturated rings. The minimum atomic E-state index is -3.80. The number of thiazole rings is 1. The molecule has 5 rings (SSSR count). The number of carbonyl (C=O) groups excluding carboxylic acids is 2. The van der Waals surface area contributed by atoms with Crippen LogP contribution in [0.1, 0.15) is 14.4 Å². The number of rotatable bonds is 6. The monoisotopic (exact) mass is 529 g/mol. The van der Waals surface area contributed by atoms with Gasteiger partial charge in [-0.15, -0.1) is 11.3 Å². The number of anilines is 2. The van der Waals surface area contributed by atoms with Crippen molar-refractivity contribution in [2.24, 2.45) is 0 Å². The molecule has 2 aromatic carbocycles. The summed E-state index contributed by atoms with van der Waals surface area (Å²) in [6.07, 6.45) is 3.24. The molecule has 1 aliphatic heterocycles. The molecule has 0 spiro atoms. The maximum absolute atomic E-state index is 13.5. The Morgan fingerprint density at radius 1 is 1.17 bits per heavy atom. The second-order valence-electron chi connectivity index (χ2n) is 8.34. The first-order valence-electron chi connectivity index (χ1n) is 11.1. The first-order chi connectivity index (χ1) is 17.2. The minimum Gasteiger partial charge on any atom is -0.335 e. The summed E-state index contributed by atoms with van der Waals surface area (Å²) in [5.41, 5.74) is 1.29. The van der Waals surface area contributed by atoms with E-state index in [0.717, 1.165) is 5.52 Å². The van der Waals surface area contributed by atoms with Crippen LogP contribution >= 0.6 is 11.3 Å². The van der Waals surface area contributed by atoms with Crippen LogP contribution in [0.15, 0.2) is 71.2 Å². The van der Waals surface area contributed by atoms with Crippen molar-refractivity contribution < 1.29 is 23.8 Å². The normalized spacial score (nSPS) is 15.3. The lowest BCUT2D eigenvalue weighted by atomic mass is 10.2. The average Bonchev–Trinajstić information content (AvgIpc) is 3.52. The van der Waals surface area contributed by atoms with E-state index in [1.165, 1.54) is 51.6 Å². The Bertz CT molecular complexity index is 1540. The van der Waals surface area contributed by atoms with Gasteiger partial charge in [-0.1, -0.05) is 0 Å². The fourth-order valence-corrected chi connectivity index (χ4v) is 6.03. The third kappa shape index (κ3) is 4.56. The number of piperazine rings is 1. The standard InChI is InChI=1S/C24H22FN5O4S2.H2/c1-16(29-10-8-17-14-18(25)2-7-21(17)29)23(32)28-11-12-30(22(31)15-28)19-3-5-20(6-4-19)36(33,34)27-24-26-9-13-35-24;/h2-10,13-14,16H,11-12,15H2,1H3,(H,26,27);1H/t16-;/m1./s1. The Morgan fingerprint density at radius 3 is 2.64 bits per heavy atom. The van der Waals surface area contributed by atoms with Crippen molar-refractivity contribution in [2.45, 2.75) is 17.9 Å². The molecule has 12 heteroatoms. The van der Waals surface area contributed by atoms with Crippen molar-refractivity contribution >= 4 is 54.9 Å². The minimum absolute atomic E-state index is 0. The summed E-state index contributed by atoms with van der Waals surface area (Å²) in [6, 6.07) is 11.6. The van der Waals surface area contributed by atoms with Crippen LogP contribution in [0.25, 0.3) is 10.9 Å². The van der Waals surface area contributed by atoms with E-state index in [0.29, 0.717) is 17.6 Å². The highest BCUT2D eigenvalue weighted by Gasteiger charge is 2.31. The summed E-state index contributed by atoms with van der Waals surface area (Å²) >= 11 is 1.17. The summed E-state index contributed by atoms with van der Waals surface area (Å²) in [4.78, 5) is 33.1. The third-order valence-electron chi connectivity index (χ3n) is 6.10. The van der Waals surface area contributed by atoms with Crippen LogP contribution in [0.4, 0.5) is 15.2 Å². The largest absolute Gasteiger partial charge is 0.335 e. The average molecular weight is 530 g/mol. The lowest BCUT2D eigenvalue weighted by Crippen LogP contribution is -2.53. The number of nitrogens with one attached hydrogen (secondary N) is 1. The number of nitrogens with zero attached hydrogens (tertiary/aromatic N) is 4. The lowest BCUT2D eigenvalue weighted by molar-refractivity contribution is -0.139. The number of fused-ring (bicyclic) bond motifs is 1. The van der Waals surface area contributed by atoms with Crippen LogP contribution in [0, 0.1) is 5.82 Å². The quantitative estimate of drug-likeness (QED) is 0.410. The molecular formula is C24H24FN5O4S2. The first-order valence-corrected chi connectivity index (χ1v) is 13.5. The van der Waals surface area contributed by atoms with Crippen molar-refractivity contribution in [3.8, 4) is 0 Å². The van der Waals surface area contributed by atoms with Gasteiger partial charge in [0.15, 0.2) is 5.13 Å². The first kappa shape index (κ1) is 23.9. The van der Waals surface area contributed by atoms with Gasteiger partial charge < -0.3 is 14.4 Å². The van der Waals surface area contributed by atoms with Gasteiger partial charge in [0.2, 0.25) is 11.8 Å². The van der Waals surface area contributed by atoms with Crippen LogP contribution in [-0.4, -0.2) is 54.3 Å². The van der Waals surface area contributed by atoms with Gasteiger partial charge >= 0.3 is 0 Å². The van der Waals surface area contributed by atoms with Gasteiger partial charge in [-0.3, -0.25) is 14.3 Å². The Kier molecular flexibility index (Phi) is 6.22. The summed E-state index contributed by atoms with van der Waals surface area (Å²) in [5, 5.41) is 2.63. The molecule has 9 nitrogen and oxygen atoms in total. The van der Waals surface area contributed by atoms with Gasteiger partial charge in [0, 0.05) is 48.9 Å². The molecular weight excluding hydrogens is 505 g/mol. The second kappa shape index (κ2) is 9.36. The zero-order chi connectivity index (χ0) is 25.4. The van der Waals surface area contributed by atoms with Gasteiger partial charge in [0.25, 0.3) is 10.0 Å². The molecule has 1 atom stereocenters. The molecule has 1 saturated heterocycles. The van der Waals surface area contributed by atoms with E-state index in [1.807, 2.05) is 0 Å². The molecule has 1 aliphatic rings. The molecule has 0 saturated carbocycles. The number of benzene rings is 2. The summed E-state index contributed by atoms with van der Waals surface area (Å²) < 4.78 is 42.8. The summed E-state index contributed by atoms with van der Waals surface area (Å²) in [7, 11) is -3.80. The van der Waals surface area contributed by atoms with E-state index in [9.17, 15) is 22.4 Å². The van der Waals surface area contributed by atoms with Crippen molar-refractivity contribution in [2.75, 3.05) is 29.3 Å². The molecule has 36 heavy (non-hydrogen) atoms. The van der Waals surface area contributed by atoms with Gasteiger partial charge in [-0.05, 0) is 55.5 Å². The second-order valence-corrected chi connectivity index (χ2v) is 10.9. The molecule has 0 aliphatic carbocycles. The number of carbonyl (C=O) groups is 2. The smallest absolute Gasteiger partial charge is 0.263 e. The predicted molar refractivity (Wildman–Crippen MR) is 137 cm³/mol. The number of hydrogen-bond acceptors (Lipinski definition) is 6. The highest BCUT2D eigenvalue weighted by atomic mass is 32.2. The van der Waals surface area contributed by atoms with E-state index >= 15 is 0 Å². The van der Waals surface area contributed by atoms with Crippen molar-refractivity contribution in [1.82, 2.24) is 14.5 Å². The Morgan fingerprint density at radius 2 is 1.94 bits per heavy atom. The maximum atomic E-state index is 13.5. The van der Waals surface area contributed by atoms with Gasteiger partial charge in [0.05, 0.1) is 4.90 Å². The Hall–Kier alpha value is -3.77. The molecule has 188 valence electrons. The van der Waals surface area contributed by atoms with Crippen molar-refractivity contribution in [1.29, 1.82) is 0 Å². The number of amides is 2. The molecule has 3 heterocycles. The zero-order valence-electron chi connectivity index (χ0n) is 19.2. The van der Waals surface area contributed by atoms with Gasteiger partial charge in [-0.2, -0.15) is 0 Å². The van der Waals surface area contributed by atoms with Gasteiger partial charge in [-0.25, -0.2) is 17.8 Å². The molecule has 2 aromatic heterocycles. The zero-order valence-corrected chi connectivity index (χ0v) is 20.8. The highest BCUT2D eigenvalue weighted by Crippen LogP contribution is 2.25. The molecule has 0 radical (unpaired) electrons. The van der Waals surface area contributed by atoms with Crippen LogP contribution in [0.3, 0.4) is 0 Å². The molecule has 2 amide bonds. The molecule has 4 aromatic rings. The topological polar surface area (TPSA) is 105 Å².